The largest absolute Gasteiger partial charge is 0.454 e. The first-order valence-corrected chi connectivity index (χ1v) is 7.23. The quantitative estimate of drug-likeness (QED) is 0.665. The van der Waals surface area contributed by atoms with Crippen molar-refractivity contribution in [2.24, 2.45) is 5.92 Å². The lowest BCUT2D eigenvalue weighted by molar-refractivity contribution is -0.122. The van der Waals surface area contributed by atoms with Gasteiger partial charge in [0.2, 0.25) is 0 Å². The summed E-state index contributed by atoms with van der Waals surface area (Å²) in [6.45, 7) is 4.49. The van der Waals surface area contributed by atoms with Crippen LogP contribution in [0.25, 0.3) is 11.0 Å². The number of hydrogen-bond acceptors (Lipinski definition) is 7. The molecular weight excluding hydrogens is 308 g/mol. The van der Waals surface area contributed by atoms with Crippen LogP contribution in [0.1, 0.15) is 28.7 Å². The van der Waals surface area contributed by atoms with Crippen LogP contribution in [0.3, 0.4) is 0 Å². The molecule has 0 saturated carbocycles. The van der Waals surface area contributed by atoms with Crippen molar-refractivity contribution < 1.29 is 14.3 Å². The summed E-state index contributed by atoms with van der Waals surface area (Å²) in [7, 11) is 0. The Morgan fingerprint density at radius 3 is 2.46 bits per heavy atom. The normalized spacial score (nSPS) is 11.6. The molecule has 122 valence electrons. The third-order valence-corrected chi connectivity index (χ3v) is 3.54. The Bertz CT molecular complexity index is 883. The van der Waals surface area contributed by atoms with Crippen LogP contribution in [0.2, 0.25) is 0 Å². The van der Waals surface area contributed by atoms with Crippen LogP contribution in [0.15, 0.2) is 18.2 Å². The third kappa shape index (κ3) is 3.60. The first kappa shape index (κ1) is 17.2. The monoisotopic (exact) mass is 324 g/mol. The average molecular weight is 324 g/mol. The van der Waals surface area contributed by atoms with Crippen LogP contribution < -0.4 is 0 Å². The summed E-state index contributed by atoms with van der Waals surface area (Å²) in [4.78, 5) is 32.6. The van der Waals surface area contributed by atoms with E-state index in [1.165, 1.54) is 6.92 Å². The van der Waals surface area contributed by atoms with Gasteiger partial charge in [-0.2, -0.15) is 5.26 Å². The van der Waals surface area contributed by atoms with Gasteiger partial charge in [-0.1, -0.05) is 0 Å². The summed E-state index contributed by atoms with van der Waals surface area (Å²) in [5.74, 6) is -2.50. The first-order valence-electron chi connectivity index (χ1n) is 7.23. The van der Waals surface area contributed by atoms with Crippen molar-refractivity contribution in [3.63, 3.8) is 0 Å². The van der Waals surface area contributed by atoms with Crippen LogP contribution in [-0.4, -0.2) is 34.0 Å². The number of ketones is 1. The zero-order valence-electron chi connectivity index (χ0n) is 13.6. The molecule has 0 aliphatic carbocycles. The molecule has 1 aromatic carbocycles. The molecule has 7 heteroatoms. The number of nitrogens with one attached hydrogen (secondary N) is 1. The fourth-order valence-electron chi connectivity index (χ4n) is 2.07. The van der Waals surface area contributed by atoms with Crippen molar-refractivity contribution in [1.29, 1.82) is 10.7 Å². The zero-order chi connectivity index (χ0) is 17.9. The number of nitriles is 1. The number of fused-ring (bicyclic) bond motifs is 1. The molecule has 1 N–H and O–H groups in total. The molecule has 2 rings (SSSR count). The molecule has 0 spiro atoms. The Morgan fingerprint density at radius 1 is 1.25 bits per heavy atom. The van der Waals surface area contributed by atoms with Gasteiger partial charge in [-0.15, -0.1) is 0 Å². The molecule has 0 saturated heterocycles. The topological polar surface area (TPSA) is 117 Å². The van der Waals surface area contributed by atoms with E-state index in [2.05, 4.69) is 9.97 Å². The standard InChI is InChI=1S/C17H16N4O3/c1-9(19)13(7-18)16(22)8-24-17(23)12-4-5-14-15(6-12)21-11(3)10(2)20-14/h4-6,13,19H,8H2,1-3H3/t13-/m0/s1. The Labute approximate surface area is 138 Å². The number of aromatic nitrogens is 2. The molecule has 0 aliphatic rings. The third-order valence-electron chi connectivity index (χ3n) is 3.54. The number of rotatable bonds is 5. The number of nitrogens with zero attached hydrogens (tertiary/aromatic N) is 3. The molecule has 0 amide bonds. The highest BCUT2D eigenvalue weighted by molar-refractivity contribution is 6.06. The van der Waals surface area contributed by atoms with Gasteiger partial charge in [0.1, 0.15) is 5.92 Å². The molecule has 0 aliphatic heterocycles. The number of ether oxygens (including phenoxy) is 1. The fraction of sp³-hybridized carbons (Fsp3) is 0.294. The van der Waals surface area contributed by atoms with E-state index in [1.807, 2.05) is 13.8 Å². The van der Waals surface area contributed by atoms with Crippen molar-refractivity contribution in [2.45, 2.75) is 20.8 Å². The Hall–Kier alpha value is -3.14. The van der Waals surface area contributed by atoms with Gasteiger partial charge in [0, 0.05) is 5.71 Å². The second-order valence-electron chi connectivity index (χ2n) is 5.39. The highest BCUT2D eigenvalue weighted by Gasteiger charge is 2.22. The van der Waals surface area contributed by atoms with E-state index in [9.17, 15) is 9.59 Å². The Balaban J connectivity index is 2.14. The predicted molar refractivity (Wildman–Crippen MR) is 86.8 cm³/mol. The van der Waals surface area contributed by atoms with E-state index in [0.717, 1.165) is 11.4 Å². The number of carbonyl (C=O) groups is 2. The Morgan fingerprint density at radius 2 is 1.88 bits per heavy atom. The van der Waals surface area contributed by atoms with Gasteiger partial charge in [-0.25, -0.2) is 14.8 Å². The van der Waals surface area contributed by atoms with E-state index >= 15 is 0 Å². The minimum Gasteiger partial charge on any atom is -0.454 e. The van der Waals surface area contributed by atoms with Gasteiger partial charge in [-0.3, -0.25) is 4.79 Å². The van der Waals surface area contributed by atoms with Crippen molar-refractivity contribution in [3.05, 3.63) is 35.2 Å². The van der Waals surface area contributed by atoms with Crippen molar-refractivity contribution in [3.8, 4) is 6.07 Å². The van der Waals surface area contributed by atoms with Gasteiger partial charge < -0.3 is 10.1 Å². The van der Waals surface area contributed by atoms with E-state index in [0.29, 0.717) is 11.0 Å². The fourth-order valence-corrected chi connectivity index (χ4v) is 2.07. The zero-order valence-corrected chi connectivity index (χ0v) is 13.6. The molecule has 1 heterocycles. The second-order valence-corrected chi connectivity index (χ2v) is 5.39. The van der Waals surface area contributed by atoms with Crippen molar-refractivity contribution in [2.75, 3.05) is 6.61 Å². The molecule has 0 unspecified atom stereocenters. The average Bonchev–Trinajstić information content (AvgIpc) is 2.53. The lowest BCUT2D eigenvalue weighted by Gasteiger charge is -2.08. The smallest absolute Gasteiger partial charge is 0.338 e. The van der Waals surface area contributed by atoms with Crippen LogP contribution >= 0.6 is 0 Å². The number of Topliss-reactive ketones (excluding diaryl/α,β-unsaturated/α-hetero) is 1. The van der Waals surface area contributed by atoms with Crippen molar-refractivity contribution in [1.82, 2.24) is 9.97 Å². The SMILES string of the molecule is CC(=N)[C@H](C#N)C(=O)COC(=O)c1ccc2nc(C)c(C)nc2c1. The van der Waals surface area contributed by atoms with Gasteiger partial charge in [0.25, 0.3) is 0 Å². The molecule has 24 heavy (non-hydrogen) atoms. The molecule has 1 aromatic heterocycles. The molecule has 0 radical (unpaired) electrons. The summed E-state index contributed by atoms with van der Waals surface area (Å²) < 4.78 is 4.94. The second kappa shape index (κ2) is 6.96. The van der Waals surface area contributed by atoms with Gasteiger partial charge >= 0.3 is 5.97 Å². The number of aryl methyl sites for hydroxylation is 2. The molecular formula is C17H16N4O3. The minimum atomic E-state index is -1.19. The summed E-state index contributed by atoms with van der Waals surface area (Å²) in [5.41, 5.74) is 2.96. The number of hydrogen-bond donors (Lipinski definition) is 1. The van der Waals surface area contributed by atoms with Gasteiger partial charge in [0.05, 0.1) is 34.1 Å². The van der Waals surface area contributed by atoms with Crippen molar-refractivity contribution >= 4 is 28.5 Å². The number of esters is 1. The van der Waals surface area contributed by atoms with Gasteiger partial charge in [0.15, 0.2) is 12.4 Å². The van der Waals surface area contributed by atoms with E-state index < -0.39 is 24.3 Å². The highest BCUT2D eigenvalue weighted by atomic mass is 16.5. The van der Waals surface area contributed by atoms with Gasteiger partial charge in [-0.05, 0) is 39.0 Å². The summed E-state index contributed by atoms with van der Waals surface area (Å²) >= 11 is 0. The number of benzene rings is 1. The van der Waals surface area contributed by atoms with Crippen LogP contribution in [-0.2, 0) is 9.53 Å². The van der Waals surface area contributed by atoms with E-state index in [4.69, 9.17) is 15.4 Å². The van der Waals surface area contributed by atoms with Crippen LogP contribution in [0.4, 0.5) is 0 Å². The molecule has 0 bridgehead atoms. The molecule has 2 aromatic rings. The Kier molecular flexibility index (Phi) is 4.99. The maximum atomic E-state index is 12.1. The predicted octanol–water partition coefficient (Wildman–Crippen LogP) is 2.15. The summed E-state index contributed by atoms with van der Waals surface area (Å²) in [6, 6.07) is 6.47. The van der Waals surface area contributed by atoms with E-state index in [1.54, 1.807) is 24.3 Å². The van der Waals surface area contributed by atoms with E-state index in [-0.39, 0.29) is 11.3 Å². The van der Waals surface area contributed by atoms with Crippen LogP contribution in [0, 0.1) is 36.5 Å². The summed E-state index contributed by atoms with van der Waals surface area (Å²) in [5, 5.41) is 16.2. The lowest BCUT2D eigenvalue weighted by Crippen LogP contribution is -2.25. The molecule has 7 nitrogen and oxygen atoms in total. The number of carbonyl (C=O) groups excluding carboxylic acids is 2. The maximum Gasteiger partial charge on any atom is 0.338 e. The lowest BCUT2D eigenvalue weighted by atomic mass is 10.0. The first-order chi connectivity index (χ1) is 11.3. The maximum absolute atomic E-state index is 12.1. The summed E-state index contributed by atoms with van der Waals surface area (Å²) in [6.07, 6.45) is 0. The molecule has 0 fully saturated rings. The minimum absolute atomic E-state index is 0.0784. The van der Waals surface area contributed by atoms with Crippen LogP contribution in [0.5, 0.6) is 0 Å². The highest BCUT2D eigenvalue weighted by Crippen LogP contribution is 2.15. The molecule has 1 atom stereocenters.